The molecule has 5 rings (SSSR count). The molecular weight excluding hydrogens is 436 g/mol. The molecule has 0 unspecified atom stereocenters. The number of aromatic hydroxyl groups is 1. The smallest absolute Gasteiger partial charge is 0.336 e. The summed E-state index contributed by atoms with van der Waals surface area (Å²) in [5.41, 5.74) is 1.99. The fraction of sp³-hybridized carbons (Fsp3) is 0.320. The molecule has 2 aromatic heterocycles. The van der Waals surface area contributed by atoms with Crippen LogP contribution in [0.5, 0.6) is 5.75 Å². The minimum atomic E-state index is -0.430. The summed E-state index contributed by atoms with van der Waals surface area (Å²) in [7, 11) is 0. The van der Waals surface area contributed by atoms with E-state index < -0.39 is 5.63 Å². The van der Waals surface area contributed by atoms with Gasteiger partial charge in [-0.25, -0.2) is 4.79 Å². The average Bonchev–Trinajstić information content (AvgIpc) is 3.19. The molecule has 8 heteroatoms. The van der Waals surface area contributed by atoms with Crippen LogP contribution in [-0.2, 0) is 18.8 Å². The van der Waals surface area contributed by atoms with Gasteiger partial charge >= 0.3 is 5.63 Å². The lowest BCUT2D eigenvalue weighted by Crippen LogP contribution is -2.30. The van der Waals surface area contributed by atoms with Crippen LogP contribution in [0.2, 0.25) is 0 Å². The first-order valence-corrected chi connectivity index (χ1v) is 12.2. The van der Waals surface area contributed by atoms with E-state index in [-0.39, 0.29) is 5.75 Å². The second-order valence-electron chi connectivity index (χ2n) is 8.37. The van der Waals surface area contributed by atoms with Gasteiger partial charge in [-0.3, -0.25) is 4.90 Å². The van der Waals surface area contributed by atoms with Crippen molar-refractivity contribution in [2.45, 2.75) is 43.3 Å². The maximum atomic E-state index is 12.1. The molecule has 0 bridgehead atoms. The quantitative estimate of drug-likeness (QED) is 0.322. The van der Waals surface area contributed by atoms with E-state index in [2.05, 4.69) is 31.8 Å². The van der Waals surface area contributed by atoms with Crippen LogP contribution in [0.1, 0.15) is 36.2 Å². The molecule has 33 heavy (non-hydrogen) atoms. The van der Waals surface area contributed by atoms with Crippen LogP contribution < -0.4 is 5.63 Å². The van der Waals surface area contributed by atoms with Crippen molar-refractivity contribution < 1.29 is 9.52 Å². The zero-order chi connectivity index (χ0) is 22.6. The van der Waals surface area contributed by atoms with Crippen LogP contribution in [-0.4, -0.2) is 37.9 Å². The predicted octanol–water partition coefficient (Wildman–Crippen LogP) is 4.42. The van der Waals surface area contributed by atoms with Crippen LogP contribution in [0.25, 0.3) is 11.0 Å². The van der Waals surface area contributed by atoms with E-state index in [1.54, 1.807) is 23.9 Å². The summed E-state index contributed by atoms with van der Waals surface area (Å²) >= 11 is 1.56. The summed E-state index contributed by atoms with van der Waals surface area (Å²) in [6, 6.07) is 16.7. The number of likely N-dealkylation sites (tertiary alicyclic amines) is 1. The summed E-state index contributed by atoms with van der Waals surface area (Å²) in [5.74, 6) is 1.58. The second-order valence-corrected chi connectivity index (χ2v) is 9.31. The lowest BCUT2D eigenvalue weighted by Gasteiger charge is -2.26. The van der Waals surface area contributed by atoms with Crippen LogP contribution in [0.15, 0.2) is 69.0 Å². The van der Waals surface area contributed by atoms with Gasteiger partial charge in [0, 0.05) is 23.3 Å². The van der Waals surface area contributed by atoms with Gasteiger partial charge in [0.25, 0.3) is 0 Å². The maximum absolute atomic E-state index is 12.1. The summed E-state index contributed by atoms with van der Waals surface area (Å²) in [5, 5.41) is 20.4. The highest BCUT2D eigenvalue weighted by atomic mass is 32.2. The molecule has 1 N–H and O–H groups in total. The van der Waals surface area contributed by atoms with E-state index in [1.807, 2.05) is 18.2 Å². The summed E-state index contributed by atoms with van der Waals surface area (Å²) < 4.78 is 7.45. The third-order valence-electron chi connectivity index (χ3n) is 5.96. The largest absolute Gasteiger partial charge is 0.508 e. The van der Waals surface area contributed by atoms with Gasteiger partial charge in [0.2, 0.25) is 0 Å². The molecule has 1 fully saturated rings. The Labute approximate surface area is 196 Å². The third kappa shape index (κ3) is 5.12. The minimum absolute atomic E-state index is 0.0698. The van der Waals surface area contributed by atoms with Crippen LogP contribution in [0.3, 0.4) is 0 Å². The van der Waals surface area contributed by atoms with E-state index in [4.69, 9.17) is 4.42 Å². The van der Waals surface area contributed by atoms with Gasteiger partial charge in [0.1, 0.15) is 17.2 Å². The number of fused-ring (bicyclic) bond motifs is 1. The molecule has 0 atom stereocenters. The van der Waals surface area contributed by atoms with Crippen molar-refractivity contribution in [3.63, 3.8) is 0 Å². The number of hydrogen-bond acceptors (Lipinski definition) is 7. The lowest BCUT2D eigenvalue weighted by atomic mass is 10.1. The second kappa shape index (κ2) is 9.80. The van der Waals surface area contributed by atoms with E-state index in [9.17, 15) is 9.90 Å². The monoisotopic (exact) mass is 462 g/mol. The molecule has 170 valence electrons. The number of nitrogens with zero attached hydrogens (tertiary/aromatic N) is 4. The van der Waals surface area contributed by atoms with Gasteiger partial charge in [-0.15, -0.1) is 10.2 Å². The molecule has 2 aromatic carbocycles. The van der Waals surface area contributed by atoms with Crippen molar-refractivity contribution >= 4 is 22.7 Å². The van der Waals surface area contributed by atoms with Gasteiger partial charge in [-0.2, -0.15) is 0 Å². The Morgan fingerprint density at radius 3 is 2.61 bits per heavy atom. The zero-order valence-corrected chi connectivity index (χ0v) is 19.1. The molecule has 4 aromatic rings. The molecule has 7 nitrogen and oxygen atoms in total. The maximum Gasteiger partial charge on any atom is 0.336 e. The standard InChI is InChI=1S/C25H26N4O3S/c30-20-9-10-21-19(13-24(31)32-22(21)14-20)17-33-25-27-26-23(16-28-11-5-2-6-12-28)29(25)15-18-7-3-1-4-8-18/h1,3-4,7-10,13-14,30H,2,5-6,11-12,15-17H2. The first-order valence-electron chi connectivity index (χ1n) is 11.2. The number of phenols is 1. The molecule has 1 aliphatic rings. The number of benzene rings is 2. The Balaban J connectivity index is 1.43. The molecule has 0 saturated carbocycles. The van der Waals surface area contributed by atoms with Crippen LogP contribution in [0.4, 0.5) is 0 Å². The Bertz CT molecular complexity index is 1300. The third-order valence-corrected chi connectivity index (χ3v) is 6.98. The summed E-state index contributed by atoms with van der Waals surface area (Å²) in [6.45, 7) is 3.68. The molecule has 1 aliphatic heterocycles. The molecule has 0 radical (unpaired) electrons. The SMILES string of the molecule is O=c1cc(CSc2nnc(CN3CCCCC3)n2Cc2ccccc2)c2ccc(O)cc2o1. The van der Waals surface area contributed by atoms with Gasteiger partial charge in [0.05, 0.1) is 13.1 Å². The van der Waals surface area contributed by atoms with Crippen molar-refractivity contribution in [1.29, 1.82) is 0 Å². The highest BCUT2D eigenvalue weighted by Crippen LogP contribution is 2.28. The topological polar surface area (TPSA) is 84.4 Å². The van der Waals surface area contributed by atoms with Crippen molar-refractivity contribution in [2.75, 3.05) is 13.1 Å². The predicted molar refractivity (Wildman–Crippen MR) is 128 cm³/mol. The first-order chi connectivity index (χ1) is 16.2. The molecular formula is C25H26N4O3S. The molecule has 3 heterocycles. The molecule has 0 aliphatic carbocycles. The van der Waals surface area contributed by atoms with Crippen molar-refractivity contribution in [1.82, 2.24) is 19.7 Å². The van der Waals surface area contributed by atoms with Gasteiger partial charge in [-0.1, -0.05) is 48.5 Å². The fourth-order valence-electron chi connectivity index (χ4n) is 4.27. The van der Waals surface area contributed by atoms with Gasteiger partial charge < -0.3 is 14.1 Å². The van der Waals surface area contributed by atoms with Crippen molar-refractivity contribution in [3.8, 4) is 5.75 Å². The Morgan fingerprint density at radius 2 is 1.79 bits per heavy atom. The summed E-state index contributed by atoms with van der Waals surface area (Å²) in [6.07, 6.45) is 3.76. The number of hydrogen-bond donors (Lipinski definition) is 1. The van der Waals surface area contributed by atoms with E-state index in [0.29, 0.717) is 17.9 Å². The normalized spacial score (nSPS) is 14.7. The fourth-order valence-corrected chi connectivity index (χ4v) is 5.21. The van der Waals surface area contributed by atoms with Gasteiger partial charge in [-0.05, 0) is 49.2 Å². The van der Waals surface area contributed by atoms with Crippen molar-refractivity contribution in [3.05, 3.63) is 82.0 Å². The highest BCUT2D eigenvalue weighted by molar-refractivity contribution is 7.98. The van der Waals surface area contributed by atoms with Gasteiger partial charge in [0.15, 0.2) is 5.16 Å². The van der Waals surface area contributed by atoms with E-state index >= 15 is 0 Å². The zero-order valence-electron chi connectivity index (χ0n) is 18.3. The average molecular weight is 463 g/mol. The molecule has 0 amide bonds. The number of rotatable bonds is 7. The van der Waals surface area contributed by atoms with Crippen molar-refractivity contribution in [2.24, 2.45) is 0 Å². The van der Waals surface area contributed by atoms with Crippen LogP contribution in [0, 0.1) is 0 Å². The minimum Gasteiger partial charge on any atom is -0.508 e. The number of aromatic nitrogens is 3. The Kier molecular flexibility index (Phi) is 6.46. The Morgan fingerprint density at radius 1 is 0.970 bits per heavy atom. The first kappa shape index (κ1) is 21.7. The summed E-state index contributed by atoms with van der Waals surface area (Å²) in [4.78, 5) is 14.5. The van der Waals surface area contributed by atoms with E-state index in [1.165, 1.54) is 37.0 Å². The number of thioether (sulfide) groups is 1. The van der Waals surface area contributed by atoms with E-state index in [0.717, 1.165) is 41.6 Å². The van der Waals surface area contributed by atoms with Crippen LogP contribution >= 0.6 is 11.8 Å². The Hall–Kier alpha value is -3.10. The molecule has 0 spiro atoms. The molecule has 1 saturated heterocycles. The number of piperidine rings is 1. The number of phenolic OH excluding ortho intramolecular Hbond substituents is 1. The highest BCUT2D eigenvalue weighted by Gasteiger charge is 2.18. The lowest BCUT2D eigenvalue weighted by molar-refractivity contribution is 0.213.